The molecule has 0 N–H and O–H groups in total. The Morgan fingerprint density at radius 1 is 1.36 bits per heavy atom. The summed E-state index contributed by atoms with van der Waals surface area (Å²) in [6.45, 7) is 2.38. The van der Waals surface area contributed by atoms with Gasteiger partial charge in [-0.1, -0.05) is 18.2 Å². The van der Waals surface area contributed by atoms with Crippen LogP contribution in [0.25, 0.3) is 11.2 Å². The van der Waals surface area contributed by atoms with Crippen molar-refractivity contribution in [1.29, 1.82) is 0 Å². The first-order valence-electron chi connectivity index (χ1n) is 8.68. The zero-order chi connectivity index (χ0) is 19.8. The fourth-order valence-corrected chi connectivity index (χ4v) is 3.64. The van der Waals surface area contributed by atoms with E-state index in [-0.39, 0.29) is 17.6 Å². The Morgan fingerprint density at radius 3 is 2.93 bits per heavy atom. The van der Waals surface area contributed by atoms with E-state index in [4.69, 9.17) is 0 Å². The van der Waals surface area contributed by atoms with E-state index in [0.29, 0.717) is 24.3 Å². The van der Waals surface area contributed by atoms with Crippen LogP contribution in [0.15, 0.2) is 53.3 Å². The number of nitro benzene ring substituents is 1. The van der Waals surface area contributed by atoms with Crippen molar-refractivity contribution in [3.05, 3.63) is 74.6 Å². The number of nitro groups is 1. The fourth-order valence-electron chi connectivity index (χ4n) is 3.34. The van der Waals surface area contributed by atoms with Crippen molar-refractivity contribution in [2.24, 2.45) is 0 Å². The van der Waals surface area contributed by atoms with Crippen LogP contribution in [0.4, 0.5) is 5.69 Å². The predicted octanol–water partition coefficient (Wildman–Crippen LogP) is 3.72. The summed E-state index contributed by atoms with van der Waals surface area (Å²) in [7, 11) is 0. The Balaban J connectivity index is 1.58. The number of amides is 1. The number of non-ortho nitro benzene ring substituents is 1. The van der Waals surface area contributed by atoms with Crippen LogP contribution in [-0.2, 0) is 0 Å². The van der Waals surface area contributed by atoms with Crippen molar-refractivity contribution in [2.75, 3.05) is 6.54 Å². The van der Waals surface area contributed by atoms with E-state index in [0.717, 1.165) is 15.6 Å². The number of nitrogens with zero attached hydrogens (tertiary/aromatic N) is 5. The highest BCUT2D eigenvalue weighted by molar-refractivity contribution is 9.10. The van der Waals surface area contributed by atoms with E-state index in [9.17, 15) is 14.9 Å². The molecule has 3 heterocycles. The van der Waals surface area contributed by atoms with Crippen molar-refractivity contribution in [2.45, 2.75) is 19.4 Å². The summed E-state index contributed by atoms with van der Waals surface area (Å²) in [5.74, 6) is -0.163. The minimum Gasteiger partial charge on any atom is -0.330 e. The van der Waals surface area contributed by atoms with Gasteiger partial charge >= 0.3 is 0 Å². The van der Waals surface area contributed by atoms with Gasteiger partial charge in [0.1, 0.15) is 0 Å². The van der Waals surface area contributed by atoms with Crippen molar-refractivity contribution >= 4 is 38.7 Å². The molecule has 28 heavy (non-hydrogen) atoms. The lowest BCUT2D eigenvalue weighted by Crippen LogP contribution is -2.41. The van der Waals surface area contributed by atoms with Crippen LogP contribution in [0.3, 0.4) is 0 Å². The average molecular weight is 442 g/mol. The maximum atomic E-state index is 12.9. The van der Waals surface area contributed by atoms with Gasteiger partial charge in [0.25, 0.3) is 11.6 Å². The molecule has 4 rings (SSSR count). The SMILES string of the molecule is CC1CC(c2cccc([N+](=O)[O-])c2)=CCN1C(=O)c1cc2ncc(Br)cn2n1. The van der Waals surface area contributed by atoms with Crippen LogP contribution in [0.1, 0.15) is 29.4 Å². The van der Waals surface area contributed by atoms with Crippen molar-refractivity contribution in [3.8, 4) is 0 Å². The Bertz CT molecular complexity index is 1120. The molecule has 1 atom stereocenters. The molecular weight excluding hydrogens is 426 g/mol. The van der Waals surface area contributed by atoms with Crippen molar-refractivity contribution in [1.82, 2.24) is 19.5 Å². The van der Waals surface area contributed by atoms with Gasteiger partial charge in [-0.05, 0) is 40.4 Å². The topological polar surface area (TPSA) is 93.6 Å². The van der Waals surface area contributed by atoms with Crippen molar-refractivity contribution in [3.63, 3.8) is 0 Å². The zero-order valence-corrected chi connectivity index (χ0v) is 16.5. The van der Waals surface area contributed by atoms with Crippen molar-refractivity contribution < 1.29 is 9.72 Å². The third kappa shape index (κ3) is 3.40. The number of carbonyl (C=O) groups is 1. The predicted molar refractivity (Wildman–Crippen MR) is 107 cm³/mol. The first-order chi connectivity index (χ1) is 13.4. The summed E-state index contributed by atoms with van der Waals surface area (Å²) in [6.07, 6.45) is 5.97. The van der Waals surface area contributed by atoms with E-state index in [1.54, 1.807) is 40.0 Å². The molecule has 1 aromatic carbocycles. The first kappa shape index (κ1) is 18.3. The molecule has 9 heteroatoms. The van der Waals surface area contributed by atoms with Gasteiger partial charge in [0.2, 0.25) is 0 Å². The second-order valence-corrected chi connectivity index (χ2v) is 7.57. The lowest BCUT2D eigenvalue weighted by Gasteiger charge is -2.32. The highest BCUT2D eigenvalue weighted by Gasteiger charge is 2.27. The molecule has 1 aliphatic heterocycles. The highest BCUT2D eigenvalue weighted by atomic mass is 79.9. The molecule has 8 nitrogen and oxygen atoms in total. The lowest BCUT2D eigenvalue weighted by molar-refractivity contribution is -0.384. The van der Waals surface area contributed by atoms with Gasteiger partial charge < -0.3 is 4.90 Å². The molecule has 0 aliphatic carbocycles. The van der Waals surface area contributed by atoms with Crippen LogP contribution in [0, 0.1) is 10.1 Å². The molecule has 0 saturated heterocycles. The normalized spacial score (nSPS) is 16.9. The molecule has 3 aromatic rings. The van der Waals surface area contributed by atoms with E-state index in [1.807, 2.05) is 19.1 Å². The molecule has 2 aromatic heterocycles. The van der Waals surface area contributed by atoms with Gasteiger partial charge in [-0.25, -0.2) is 9.50 Å². The molecule has 0 fully saturated rings. The number of benzene rings is 1. The number of aromatic nitrogens is 3. The average Bonchev–Trinajstić information content (AvgIpc) is 3.10. The van der Waals surface area contributed by atoms with Gasteiger partial charge in [0.15, 0.2) is 11.3 Å². The summed E-state index contributed by atoms with van der Waals surface area (Å²) in [6, 6.07) is 8.19. The Morgan fingerprint density at radius 2 is 2.18 bits per heavy atom. The van der Waals surface area contributed by atoms with Crippen LogP contribution >= 0.6 is 15.9 Å². The smallest absolute Gasteiger partial charge is 0.274 e. The van der Waals surface area contributed by atoms with Gasteiger partial charge in [-0.15, -0.1) is 0 Å². The van der Waals surface area contributed by atoms with E-state index < -0.39 is 4.92 Å². The Kier molecular flexibility index (Phi) is 4.68. The lowest BCUT2D eigenvalue weighted by atomic mass is 9.94. The Labute approximate surface area is 168 Å². The monoisotopic (exact) mass is 441 g/mol. The zero-order valence-electron chi connectivity index (χ0n) is 14.9. The Hall–Kier alpha value is -3.07. The minimum absolute atomic E-state index is 0.0590. The van der Waals surface area contributed by atoms with Crippen LogP contribution < -0.4 is 0 Å². The third-order valence-electron chi connectivity index (χ3n) is 4.77. The maximum Gasteiger partial charge on any atom is 0.274 e. The molecule has 1 aliphatic rings. The summed E-state index contributed by atoms with van der Waals surface area (Å²) < 4.78 is 2.34. The number of hydrogen-bond donors (Lipinski definition) is 0. The van der Waals surface area contributed by atoms with Gasteiger partial charge in [0, 0.05) is 43.2 Å². The summed E-state index contributed by atoms with van der Waals surface area (Å²) >= 11 is 3.34. The fraction of sp³-hybridized carbons (Fsp3) is 0.211. The molecule has 0 saturated carbocycles. The van der Waals surface area contributed by atoms with Gasteiger partial charge in [0.05, 0.1) is 9.40 Å². The first-order valence-corrected chi connectivity index (χ1v) is 9.47. The molecular formula is C19H16BrN5O3. The van der Waals surface area contributed by atoms with E-state index in [2.05, 4.69) is 26.0 Å². The molecule has 1 unspecified atom stereocenters. The van der Waals surface area contributed by atoms with Gasteiger partial charge in [-0.2, -0.15) is 5.10 Å². The molecule has 0 radical (unpaired) electrons. The highest BCUT2D eigenvalue weighted by Crippen LogP contribution is 2.29. The third-order valence-corrected chi connectivity index (χ3v) is 5.18. The standard InChI is InChI=1S/C19H16BrN5O3/c1-12-7-14(13-3-2-4-16(8-13)25(27)28)5-6-23(12)19(26)17-9-18-21-10-15(20)11-24(18)22-17/h2-5,8-12H,6-7H2,1H3. The van der Waals surface area contributed by atoms with E-state index >= 15 is 0 Å². The molecule has 142 valence electrons. The summed E-state index contributed by atoms with van der Waals surface area (Å²) in [4.78, 5) is 29.5. The number of carbonyl (C=O) groups excluding carboxylic acids is 1. The van der Waals surface area contributed by atoms with Gasteiger partial charge in [-0.3, -0.25) is 14.9 Å². The largest absolute Gasteiger partial charge is 0.330 e. The number of hydrogen-bond acceptors (Lipinski definition) is 5. The van der Waals surface area contributed by atoms with Crippen LogP contribution in [-0.4, -0.2) is 42.9 Å². The van der Waals surface area contributed by atoms with E-state index in [1.165, 1.54) is 6.07 Å². The second-order valence-electron chi connectivity index (χ2n) is 6.65. The summed E-state index contributed by atoms with van der Waals surface area (Å²) in [5, 5.41) is 15.3. The molecule has 1 amide bonds. The number of rotatable bonds is 3. The number of fused-ring (bicyclic) bond motifs is 1. The second kappa shape index (κ2) is 7.16. The molecule has 0 spiro atoms. The molecule has 0 bridgehead atoms. The van der Waals surface area contributed by atoms with Crippen LogP contribution in [0.2, 0.25) is 0 Å². The quantitative estimate of drug-likeness (QED) is 0.455. The minimum atomic E-state index is -0.401. The number of halogens is 1. The summed E-state index contributed by atoms with van der Waals surface area (Å²) in [5.41, 5.74) is 2.82. The van der Waals surface area contributed by atoms with Crippen LogP contribution in [0.5, 0.6) is 0 Å². The maximum absolute atomic E-state index is 12.9.